The van der Waals surface area contributed by atoms with Crippen molar-refractivity contribution in [3.8, 4) is 11.5 Å². The minimum atomic E-state index is -0.376. The van der Waals surface area contributed by atoms with Gasteiger partial charge in [0.15, 0.2) is 0 Å². The second kappa shape index (κ2) is 11.6. The van der Waals surface area contributed by atoms with E-state index in [2.05, 4.69) is 5.32 Å². The van der Waals surface area contributed by atoms with Crippen molar-refractivity contribution in [1.29, 1.82) is 0 Å². The van der Waals surface area contributed by atoms with Gasteiger partial charge in [0.2, 0.25) is 0 Å². The van der Waals surface area contributed by atoms with Crippen molar-refractivity contribution in [2.75, 3.05) is 5.32 Å². The number of hydrogen-bond donors (Lipinski definition) is 1. The van der Waals surface area contributed by atoms with Gasteiger partial charge in [-0.25, -0.2) is 0 Å². The zero-order chi connectivity index (χ0) is 24.6. The van der Waals surface area contributed by atoms with Crippen LogP contribution in [0.3, 0.4) is 0 Å². The van der Waals surface area contributed by atoms with Crippen molar-refractivity contribution < 1.29 is 19.1 Å². The van der Waals surface area contributed by atoms with Gasteiger partial charge in [-0.05, 0) is 36.4 Å². The third kappa shape index (κ3) is 6.63. The van der Waals surface area contributed by atoms with Crippen LogP contribution in [-0.2, 0) is 13.2 Å². The molecule has 0 saturated heterocycles. The zero-order valence-corrected chi connectivity index (χ0v) is 20.1. The summed E-state index contributed by atoms with van der Waals surface area (Å²) in [5, 5.41) is 3.98. The van der Waals surface area contributed by atoms with Gasteiger partial charge in [0.1, 0.15) is 31.0 Å². The predicted molar refractivity (Wildman–Crippen MR) is 138 cm³/mol. The highest BCUT2D eigenvalue weighted by Gasteiger charge is 2.13. The van der Waals surface area contributed by atoms with Crippen molar-refractivity contribution >= 4 is 41.1 Å². The molecule has 0 fully saturated rings. The highest BCUT2D eigenvalue weighted by atomic mass is 35.5. The van der Waals surface area contributed by atoms with E-state index in [-0.39, 0.29) is 19.1 Å². The maximum atomic E-state index is 13.0. The van der Waals surface area contributed by atoms with Gasteiger partial charge < -0.3 is 14.8 Å². The first kappa shape index (κ1) is 24.3. The fourth-order valence-corrected chi connectivity index (χ4v) is 3.70. The molecule has 0 bridgehead atoms. The number of aldehydes is 1. The highest BCUT2D eigenvalue weighted by Crippen LogP contribution is 2.27. The average molecular weight is 506 g/mol. The highest BCUT2D eigenvalue weighted by molar-refractivity contribution is 6.31. The SMILES string of the molecule is O=Cc1cccc(NC(=O)c2cc(OCc3ccccc3Cl)cc(OCc3ccccc3Cl)c2)c1. The fourth-order valence-electron chi connectivity index (χ4n) is 3.32. The van der Waals surface area contributed by atoms with Crippen LogP contribution in [0.25, 0.3) is 0 Å². The number of rotatable bonds is 9. The van der Waals surface area contributed by atoms with Gasteiger partial charge in [0, 0.05) is 44.1 Å². The maximum Gasteiger partial charge on any atom is 0.255 e. The Hall–Kier alpha value is -3.80. The number of nitrogens with one attached hydrogen (secondary N) is 1. The fraction of sp³-hybridized carbons (Fsp3) is 0.0714. The zero-order valence-electron chi connectivity index (χ0n) is 18.5. The van der Waals surface area contributed by atoms with Crippen LogP contribution in [0.2, 0.25) is 10.0 Å². The third-order valence-corrected chi connectivity index (χ3v) is 5.86. The molecule has 0 atom stereocenters. The summed E-state index contributed by atoms with van der Waals surface area (Å²) in [6.07, 6.45) is 0.722. The first-order valence-electron chi connectivity index (χ1n) is 10.8. The van der Waals surface area contributed by atoms with Crippen LogP contribution in [0, 0.1) is 0 Å². The number of halogens is 2. The molecule has 0 unspecified atom stereocenters. The molecule has 0 aromatic heterocycles. The van der Waals surface area contributed by atoms with E-state index in [1.165, 1.54) is 0 Å². The number of carbonyl (C=O) groups excluding carboxylic acids is 2. The summed E-state index contributed by atoms with van der Waals surface area (Å²) < 4.78 is 11.9. The van der Waals surface area contributed by atoms with Gasteiger partial charge in [0.05, 0.1) is 0 Å². The molecular weight excluding hydrogens is 485 g/mol. The monoisotopic (exact) mass is 505 g/mol. The van der Waals surface area contributed by atoms with Gasteiger partial charge in [-0.1, -0.05) is 71.7 Å². The standard InChI is InChI=1S/C28H21Cl2NO4/c29-26-10-3-1-7-20(26)17-34-24-13-22(28(33)31-23-9-5-6-19(12-23)16-32)14-25(15-24)35-18-21-8-2-4-11-27(21)30/h1-16H,17-18H2,(H,31,33). The first-order chi connectivity index (χ1) is 17.0. The summed E-state index contributed by atoms with van der Waals surface area (Å²) in [6, 6.07) is 26.4. The minimum absolute atomic E-state index is 0.218. The molecule has 4 aromatic carbocycles. The number of amides is 1. The number of ether oxygens (including phenoxy) is 2. The van der Waals surface area contributed by atoms with E-state index < -0.39 is 0 Å². The van der Waals surface area contributed by atoms with Gasteiger partial charge in [-0.3, -0.25) is 9.59 Å². The van der Waals surface area contributed by atoms with Crippen molar-refractivity contribution in [2.24, 2.45) is 0 Å². The molecule has 7 heteroatoms. The molecule has 176 valence electrons. The van der Waals surface area contributed by atoms with Crippen LogP contribution in [0.5, 0.6) is 11.5 Å². The van der Waals surface area contributed by atoms with Crippen molar-refractivity contribution in [1.82, 2.24) is 0 Å². The molecule has 0 radical (unpaired) electrons. The second-order valence-corrected chi connectivity index (χ2v) is 8.47. The smallest absolute Gasteiger partial charge is 0.255 e. The van der Waals surface area contributed by atoms with Crippen LogP contribution in [-0.4, -0.2) is 12.2 Å². The van der Waals surface area contributed by atoms with E-state index in [0.29, 0.717) is 38.4 Å². The van der Waals surface area contributed by atoms with Gasteiger partial charge in [-0.15, -0.1) is 0 Å². The maximum absolute atomic E-state index is 13.0. The van der Waals surface area contributed by atoms with E-state index in [0.717, 1.165) is 17.4 Å². The topological polar surface area (TPSA) is 64.6 Å². The van der Waals surface area contributed by atoms with Gasteiger partial charge >= 0.3 is 0 Å². The molecule has 4 rings (SSSR count). The van der Waals surface area contributed by atoms with E-state index in [1.54, 1.807) is 54.6 Å². The Balaban J connectivity index is 1.58. The Morgan fingerprint density at radius 3 is 1.86 bits per heavy atom. The molecule has 35 heavy (non-hydrogen) atoms. The Labute approximate surface area is 213 Å². The summed E-state index contributed by atoms with van der Waals surface area (Å²) in [4.78, 5) is 24.1. The van der Waals surface area contributed by atoms with E-state index in [9.17, 15) is 9.59 Å². The Bertz CT molecular complexity index is 1290. The normalized spacial score (nSPS) is 10.5. The summed E-state index contributed by atoms with van der Waals surface area (Å²) in [5.74, 6) is 0.501. The lowest BCUT2D eigenvalue weighted by Gasteiger charge is -2.14. The third-order valence-electron chi connectivity index (χ3n) is 5.13. The average Bonchev–Trinajstić information content (AvgIpc) is 2.88. The Morgan fingerprint density at radius 1 is 0.743 bits per heavy atom. The molecule has 0 heterocycles. The van der Waals surface area contributed by atoms with Crippen molar-refractivity contribution in [3.63, 3.8) is 0 Å². The molecule has 1 amide bonds. The summed E-state index contributed by atoms with van der Waals surface area (Å²) in [7, 11) is 0. The summed E-state index contributed by atoms with van der Waals surface area (Å²) in [6.45, 7) is 0.437. The molecule has 0 spiro atoms. The number of carbonyl (C=O) groups is 2. The van der Waals surface area contributed by atoms with Crippen LogP contribution in [0.15, 0.2) is 91.0 Å². The van der Waals surface area contributed by atoms with Crippen LogP contribution >= 0.6 is 23.2 Å². The molecule has 0 aliphatic rings. The molecule has 1 N–H and O–H groups in total. The molecule has 4 aromatic rings. The number of hydrogen-bond acceptors (Lipinski definition) is 4. The Kier molecular flexibility index (Phi) is 8.03. The lowest BCUT2D eigenvalue weighted by molar-refractivity contribution is 0.102. The largest absolute Gasteiger partial charge is 0.489 e. The molecule has 0 aliphatic carbocycles. The van der Waals surface area contributed by atoms with Crippen LogP contribution < -0.4 is 14.8 Å². The van der Waals surface area contributed by atoms with E-state index >= 15 is 0 Å². The van der Waals surface area contributed by atoms with Gasteiger partial charge in [-0.2, -0.15) is 0 Å². The molecule has 0 saturated carbocycles. The van der Waals surface area contributed by atoms with Crippen molar-refractivity contribution in [3.05, 3.63) is 123 Å². The Morgan fingerprint density at radius 2 is 1.31 bits per heavy atom. The molecular formula is C28H21Cl2NO4. The second-order valence-electron chi connectivity index (χ2n) is 7.65. The minimum Gasteiger partial charge on any atom is -0.489 e. The van der Waals surface area contributed by atoms with Crippen LogP contribution in [0.1, 0.15) is 31.8 Å². The molecule has 0 aliphatic heterocycles. The first-order valence-corrected chi connectivity index (χ1v) is 11.5. The summed E-state index contributed by atoms with van der Waals surface area (Å²) >= 11 is 12.5. The van der Waals surface area contributed by atoms with Crippen molar-refractivity contribution in [2.45, 2.75) is 13.2 Å². The van der Waals surface area contributed by atoms with Gasteiger partial charge in [0.25, 0.3) is 5.91 Å². The quantitative estimate of drug-likeness (QED) is 0.244. The molecule has 5 nitrogen and oxygen atoms in total. The van der Waals surface area contributed by atoms with E-state index in [1.807, 2.05) is 36.4 Å². The van der Waals surface area contributed by atoms with E-state index in [4.69, 9.17) is 32.7 Å². The number of benzene rings is 4. The van der Waals surface area contributed by atoms with Crippen LogP contribution in [0.4, 0.5) is 5.69 Å². The summed E-state index contributed by atoms with van der Waals surface area (Å²) in [5.41, 5.74) is 2.91. The lowest BCUT2D eigenvalue weighted by Crippen LogP contribution is -2.12. The predicted octanol–water partition coefficient (Wildman–Crippen LogP) is 7.22. The lowest BCUT2D eigenvalue weighted by atomic mass is 10.1. The number of anilines is 1.